The summed E-state index contributed by atoms with van der Waals surface area (Å²) in [6.45, 7) is 4.53. The molecule has 2 atom stereocenters. The van der Waals surface area contributed by atoms with E-state index < -0.39 is 24.1 Å². The Morgan fingerprint density at radius 3 is 1.38 bits per heavy atom. The quantitative estimate of drug-likeness (QED) is 0.0282. The lowest BCUT2D eigenvalue weighted by atomic mass is 10.1. The van der Waals surface area contributed by atoms with Crippen LogP contribution in [0.5, 0.6) is 0 Å². The number of esters is 2. The summed E-state index contributed by atoms with van der Waals surface area (Å²) < 4.78 is 17.2. The molecular weight excluding hydrogens is 787 g/mol. The monoisotopic (exact) mass is 881 g/mol. The minimum Gasteiger partial charge on any atom is -0.477 e. The van der Waals surface area contributed by atoms with Crippen LogP contribution in [0.4, 0.5) is 0 Å². The second-order valence-corrected chi connectivity index (χ2v) is 17.7. The lowest BCUT2D eigenvalue weighted by Gasteiger charge is -2.31. The van der Waals surface area contributed by atoms with Gasteiger partial charge in [0.2, 0.25) is 0 Å². The Morgan fingerprint density at radius 2 is 0.921 bits per heavy atom. The summed E-state index contributed by atoms with van der Waals surface area (Å²) in [5, 5.41) is 9.64. The van der Waals surface area contributed by atoms with E-state index in [9.17, 15) is 19.5 Å². The van der Waals surface area contributed by atoms with E-state index in [0.717, 1.165) is 64.2 Å². The van der Waals surface area contributed by atoms with Gasteiger partial charge in [0.05, 0.1) is 34.4 Å². The van der Waals surface area contributed by atoms with Crippen LogP contribution in [0.2, 0.25) is 0 Å². The number of quaternary nitrogens is 1. The van der Waals surface area contributed by atoms with Gasteiger partial charge in [0.15, 0.2) is 12.1 Å². The maximum absolute atomic E-state index is 12.7. The number of allylic oxidation sites excluding steroid dienone is 14. The first-order chi connectivity index (χ1) is 30.6. The van der Waals surface area contributed by atoms with Crippen molar-refractivity contribution in [2.75, 3.05) is 41.0 Å². The van der Waals surface area contributed by atoms with E-state index in [4.69, 9.17) is 14.2 Å². The van der Waals surface area contributed by atoms with E-state index in [-0.39, 0.29) is 36.7 Å². The van der Waals surface area contributed by atoms with Gasteiger partial charge in [-0.05, 0) is 77.0 Å². The Balaban J connectivity index is 4.34. The largest absolute Gasteiger partial charge is 0.477 e. The summed E-state index contributed by atoms with van der Waals surface area (Å²) in [7, 11) is 5.50. The first kappa shape index (κ1) is 59.5. The third-order valence-electron chi connectivity index (χ3n) is 10.8. The number of ether oxygens (including phenoxy) is 3. The number of aliphatic carboxylic acids is 1. The zero-order valence-corrected chi connectivity index (χ0v) is 41.0. The van der Waals surface area contributed by atoms with E-state index in [0.29, 0.717) is 19.3 Å². The highest BCUT2D eigenvalue weighted by molar-refractivity contribution is 5.72. The number of carboxylic acids is 1. The predicted octanol–water partition coefficient (Wildman–Crippen LogP) is 14.5. The molecule has 0 aromatic carbocycles. The molecule has 360 valence electrons. The van der Waals surface area contributed by atoms with Crippen LogP contribution in [0.15, 0.2) is 85.1 Å². The van der Waals surface area contributed by atoms with Crippen LogP contribution >= 0.6 is 0 Å². The van der Waals surface area contributed by atoms with Crippen molar-refractivity contribution in [2.24, 2.45) is 0 Å². The number of carboxylic acid groups (broad SMARTS) is 1. The van der Waals surface area contributed by atoms with Crippen molar-refractivity contribution >= 4 is 17.9 Å². The van der Waals surface area contributed by atoms with Crippen LogP contribution in [0.25, 0.3) is 0 Å². The third kappa shape index (κ3) is 43.5. The SMILES string of the molecule is CC/C=C/C/C=C/C/C=C/C/C=C/C/C=C/CCC(=O)OC(COCCC(C(=O)O)[N+](C)(C)C)COC(=O)CCCCCCCCC/C=C/C/C=C/CCCCCCCCCCC. The number of hydrogen-bond donors (Lipinski definition) is 1. The van der Waals surface area contributed by atoms with Crippen molar-refractivity contribution in [2.45, 2.75) is 206 Å². The molecule has 0 bridgehead atoms. The van der Waals surface area contributed by atoms with Crippen LogP contribution in [0, 0.1) is 0 Å². The number of hydrogen-bond acceptors (Lipinski definition) is 6. The summed E-state index contributed by atoms with van der Waals surface area (Å²) in [5.74, 6) is -1.59. The fourth-order valence-corrected chi connectivity index (χ4v) is 6.94. The van der Waals surface area contributed by atoms with Crippen LogP contribution < -0.4 is 0 Å². The van der Waals surface area contributed by atoms with Crippen molar-refractivity contribution in [3.05, 3.63) is 85.1 Å². The second-order valence-electron chi connectivity index (χ2n) is 17.7. The molecule has 0 aromatic heterocycles. The molecule has 0 fully saturated rings. The Morgan fingerprint density at radius 1 is 0.492 bits per heavy atom. The van der Waals surface area contributed by atoms with Gasteiger partial charge in [0.25, 0.3) is 0 Å². The number of carbonyl (C=O) groups excluding carboxylic acids is 2. The molecule has 63 heavy (non-hydrogen) atoms. The third-order valence-corrected chi connectivity index (χ3v) is 10.8. The van der Waals surface area contributed by atoms with Gasteiger partial charge >= 0.3 is 17.9 Å². The van der Waals surface area contributed by atoms with Crippen LogP contribution in [0.1, 0.15) is 194 Å². The van der Waals surface area contributed by atoms with E-state index >= 15 is 0 Å². The lowest BCUT2D eigenvalue weighted by molar-refractivity contribution is -0.887. The fourth-order valence-electron chi connectivity index (χ4n) is 6.94. The summed E-state index contributed by atoms with van der Waals surface area (Å²) in [6.07, 6.45) is 59.4. The average Bonchev–Trinajstić information content (AvgIpc) is 3.24. The molecule has 0 spiro atoms. The van der Waals surface area contributed by atoms with Gasteiger partial charge in [-0.25, -0.2) is 4.79 Å². The molecule has 0 saturated carbocycles. The number of rotatable bonds is 44. The first-order valence-electron chi connectivity index (χ1n) is 25.1. The molecule has 0 amide bonds. The highest BCUT2D eigenvalue weighted by Crippen LogP contribution is 2.14. The Bertz CT molecular complexity index is 1300. The molecule has 8 nitrogen and oxygen atoms in total. The van der Waals surface area contributed by atoms with Crippen LogP contribution in [0.3, 0.4) is 0 Å². The summed E-state index contributed by atoms with van der Waals surface area (Å²) in [6, 6.07) is -0.633. The molecule has 1 N–H and O–H groups in total. The maximum Gasteiger partial charge on any atom is 0.362 e. The van der Waals surface area contributed by atoms with Crippen molar-refractivity contribution in [3.63, 3.8) is 0 Å². The summed E-state index contributed by atoms with van der Waals surface area (Å²) >= 11 is 0. The standard InChI is InChI=1S/C55H93NO7/c1-6-8-10-12-14-16-18-20-22-24-25-26-27-28-29-30-32-33-35-37-39-41-43-45-53(57)62-50-51(49-61-48-47-52(55(59)60)56(3,4)5)63-54(58)46-44-42-40-38-36-34-31-23-21-19-17-15-13-11-9-7-2/h9,11,15,17,21,23,25-26,28-29,34,36,40,42,51-52H,6-8,10,12-14,16,18-20,22,24,27,30-33,35,37-39,41,43-50H2,1-5H3/p+1/b11-9+,17-15+,23-21+,26-25+,29-28+,36-34+,42-40+. The van der Waals surface area contributed by atoms with Gasteiger partial charge in [-0.1, -0.05) is 182 Å². The first-order valence-corrected chi connectivity index (χ1v) is 25.1. The minimum absolute atomic E-state index is 0.0243. The summed E-state index contributed by atoms with van der Waals surface area (Å²) in [5.41, 5.74) is 0. The van der Waals surface area contributed by atoms with Gasteiger partial charge < -0.3 is 23.8 Å². The Labute approximate surface area is 386 Å². The number of likely N-dealkylation sites (N-methyl/N-ethyl adjacent to an activating group) is 1. The highest BCUT2D eigenvalue weighted by atomic mass is 16.6. The van der Waals surface area contributed by atoms with Crippen molar-refractivity contribution in [3.8, 4) is 0 Å². The number of nitrogens with zero attached hydrogens (tertiary/aromatic N) is 1. The zero-order chi connectivity index (χ0) is 46.3. The Hall–Kier alpha value is -3.49. The molecule has 0 aromatic rings. The van der Waals surface area contributed by atoms with Gasteiger partial charge in [0.1, 0.15) is 6.61 Å². The molecule has 0 rings (SSSR count). The highest BCUT2D eigenvalue weighted by Gasteiger charge is 2.31. The van der Waals surface area contributed by atoms with Gasteiger partial charge in [0, 0.05) is 19.3 Å². The maximum atomic E-state index is 12.7. The van der Waals surface area contributed by atoms with Crippen LogP contribution in [-0.4, -0.2) is 80.6 Å². The molecule has 2 unspecified atom stereocenters. The van der Waals surface area contributed by atoms with E-state index in [2.05, 4.69) is 86.8 Å². The van der Waals surface area contributed by atoms with E-state index in [1.54, 1.807) is 0 Å². The molecule has 8 heteroatoms. The van der Waals surface area contributed by atoms with Crippen molar-refractivity contribution in [1.29, 1.82) is 0 Å². The molecule has 0 aliphatic rings. The topological polar surface area (TPSA) is 99.1 Å². The van der Waals surface area contributed by atoms with Gasteiger partial charge in [-0.2, -0.15) is 0 Å². The lowest BCUT2D eigenvalue weighted by Crippen LogP contribution is -2.50. The average molecular weight is 881 g/mol. The van der Waals surface area contributed by atoms with Crippen LogP contribution in [-0.2, 0) is 28.6 Å². The molecule has 0 heterocycles. The molecular formula is C55H94NO7+. The predicted molar refractivity (Wildman–Crippen MR) is 266 cm³/mol. The Kier molecular flexibility index (Phi) is 42.6. The molecule has 0 saturated heterocycles. The van der Waals surface area contributed by atoms with Gasteiger partial charge in [-0.15, -0.1) is 0 Å². The smallest absolute Gasteiger partial charge is 0.362 e. The van der Waals surface area contributed by atoms with E-state index in [1.165, 1.54) is 89.9 Å². The van der Waals surface area contributed by atoms with Crippen molar-refractivity contribution in [1.82, 2.24) is 0 Å². The molecule has 0 aliphatic heterocycles. The summed E-state index contributed by atoms with van der Waals surface area (Å²) in [4.78, 5) is 37.1. The van der Waals surface area contributed by atoms with Crippen molar-refractivity contribution < 1.29 is 38.2 Å². The normalized spacial score (nSPS) is 13.6. The second kappa shape index (κ2) is 45.1. The molecule has 0 aliphatic carbocycles. The number of unbranched alkanes of at least 4 members (excludes halogenated alkanes) is 16. The fraction of sp³-hybridized carbons (Fsp3) is 0.691. The molecule has 0 radical (unpaired) electrons. The van der Waals surface area contributed by atoms with Gasteiger partial charge in [-0.3, -0.25) is 9.59 Å². The number of carbonyl (C=O) groups is 3. The van der Waals surface area contributed by atoms with E-state index in [1.807, 2.05) is 33.3 Å². The zero-order valence-electron chi connectivity index (χ0n) is 41.0. The minimum atomic E-state index is -0.890.